The average Bonchev–Trinajstić information content (AvgIpc) is 3.52. The van der Waals surface area contributed by atoms with Gasteiger partial charge in [0.2, 0.25) is 11.8 Å². The molecule has 5 rings (SSSR count). The second kappa shape index (κ2) is 19.1. The molecule has 2 aromatic carbocycles. The summed E-state index contributed by atoms with van der Waals surface area (Å²) in [6.07, 6.45) is 4.77. The van der Waals surface area contributed by atoms with Gasteiger partial charge in [0.15, 0.2) is 9.84 Å². The zero-order valence-corrected chi connectivity index (χ0v) is 35.4. The molecule has 60 heavy (non-hydrogen) atoms. The standard InChI is InChI=1S/C42H52F2N8O7S/c1-41(2,3)59-40(56)51-19-17-50(18-20-51)16-7-15-49(4)31-13-14-35-33(22-31)38(39(55)48-27-37(54)52-28-42(43,44)23-32(52)24-45)34(26-46-35)30-11-9-29(10-12-30)25-47-36(53)8-6-21-60(5,57)58/h6,8-14,22,26,32H,7,15-21,23,25,27-28H2,1-5H3,(H,47,53)(H,48,55)/b8-6+/t32-/m0/s1. The van der Waals surface area contributed by atoms with Gasteiger partial charge in [-0.1, -0.05) is 30.3 Å². The third-order valence-corrected chi connectivity index (χ3v) is 10.8. The number of ether oxygens (including phenoxy) is 1. The summed E-state index contributed by atoms with van der Waals surface area (Å²) in [4.78, 5) is 63.4. The number of likely N-dealkylation sites (tertiary alicyclic amines) is 1. The number of benzene rings is 2. The second-order valence-electron chi connectivity index (χ2n) is 16.2. The van der Waals surface area contributed by atoms with Crippen molar-refractivity contribution in [2.75, 3.05) is 76.3 Å². The molecule has 15 nitrogen and oxygen atoms in total. The Balaban J connectivity index is 1.33. The third kappa shape index (κ3) is 12.7. The van der Waals surface area contributed by atoms with E-state index in [-0.39, 0.29) is 24.0 Å². The highest BCUT2D eigenvalue weighted by Gasteiger charge is 2.47. The highest BCUT2D eigenvalue weighted by molar-refractivity contribution is 7.90. The number of carbonyl (C=O) groups is 4. The zero-order chi connectivity index (χ0) is 43.8. The van der Waals surface area contributed by atoms with Crippen LogP contribution in [0.5, 0.6) is 0 Å². The van der Waals surface area contributed by atoms with Gasteiger partial charge in [0.1, 0.15) is 11.6 Å². The van der Waals surface area contributed by atoms with E-state index in [1.807, 2.05) is 40.0 Å². The molecule has 3 heterocycles. The number of rotatable bonds is 14. The van der Waals surface area contributed by atoms with Crippen LogP contribution in [0.15, 0.2) is 60.8 Å². The molecule has 18 heteroatoms. The minimum absolute atomic E-state index is 0.144. The lowest BCUT2D eigenvalue weighted by Crippen LogP contribution is -2.50. The van der Waals surface area contributed by atoms with Crippen LogP contribution in [-0.2, 0) is 30.7 Å². The molecule has 2 fully saturated rings. The quantitative estimate of drug-likeness (QED) is 0.224. The van der Waals surface area contributed by atoms with E-state index in [2.05, 4.69) is 25.4 Å². The number of amides is 4. The molecule has 322 valence electrons. The van der Waals surface area contributed by atoms with E-state index in [1.54, 1.807) is 47.5 Å². The smallest absolute Gasteiger partial charge is 0.410 e. The largest absolute Gasteiger partial charge is 0.444 e. The number of pyridine rings is 1. The number of fused-ring (bicyclic) bond motifs is 1. The molecule has 0 radical (unpaired) electrons. The molecule has 0 spiro atoms. The number of sulfone groups is 1. The van der Waals surface area contributed by atoms with Crippen molar-refractivity contribution < 1.29 is 41.1 Å². The van der Waals surface area contributed by atoms with Gasteiger partial charge in [-0.15, -0.1) is 0 Å². The maximum atomic E-state index is 14.1. The number of anilines is 1. The number of hydrogen-bond acceptors (Lipinski definition) is 11. The molecule has 1 atom stereocenters. The van der Waals surface area contributed by atoms with E-state index in [1.165, 1.54) is 6.08 Å². The van der Waals surface area contributed by atoms with Crippen LogP contribution in [0.1, 0.15) is 49.5 Å². The van der Waals surface area contributed by atoms with E-state index in [4.69, 9.17) is 4.74 Å². The van der Waals surface area contributed by atoms with Gasteiger partial charge in [0.05, 0.1) is 36.0 Å². The molecule has 1 aromatic heterocycles. The summed E-state index contributed by atoms with van der Waals surface area (Å²) >= 11 is 0. The zero-order valence-electron chi connectivity index (χ0n) is 34.5. The van der Waals surface area contributed by atoms with E-state index in [0.29, 0.717) is 41.7 Å². The first-order valence-electron chi connectivity index (χ1n) is 19.6. The predicted octanol–water partition coefficient (Wildman–Crippen LogP) is 3.99. The van der Waals surface area contributed by atoms with Crippen molar-refractivity contribution in [1.29, 1.82) is 5.26 Å². The maximum absolute atomic E-state index is 14.1. The average molecular weight is 851 g/mol. The molecular formula is C42H52F2N8O7S. The van der Waals surface area contributed by atoms with Gasteiger partial charge in [0.25, 0.3) is 11.8 Å². The Bertz CT molecular complexity index is 2250. The molecule has 2 aliphatic heterocycles. The SMILES string of the molecule is CN(CCCN1CCN(C(=O)OC(C)(C)C)CC1)c1ccc2ncc(-c3ccc(CNC(=O)/C=C/CS(C)(=O)=O)cc3)c(C(=O)NCC(=O)N3CC(F)(F)C[C@H]3C#N)c2c1. The summed E-state index contributed by atoms with van der Waals surface area (Å²) < 4.78 is 56.5. The van der Waals surface area contributed by atoms with Crippen LogP contribution in [0.4, 0.5) is 19.3 Å². The Morgan fingerprint density at radius 3 is 2.42 bits per heavy atom. The Hall–Kier alpha value is -5.67. The number of aromatic nitrogens is 1. The monoisotopic (exact) mass is 850 g/mol. The van der Waals surface area contributed by atoms with Crippen LogP contribution in [0.2, 0.25) is 0 Å². The van der Waals surface area contributed by atoms with E-state index in [0.717, 1.165) is 54.5 Å². The van der Waals surface area contributed by atoms with E-state index in [9.17, 15) is 41.6 Å². The van der Waals surface area contributed by atoms with Crippen molar-refractivity contribution in [3.8, 4) is 17.2 Å². The molecule has 3 aromatic rings. The first kappa shape index (κ1) is 45.4. The van der Waals surface area contributed by atoms with Crippen molar-refractivity contribution in [1.82, 2.24) is 30.3 Å². The Morgan fingerprint density at radius 2 is 1.77 bits per heavy atom. The van der Waals surface area contributed by atoms with Crippen molar-refractivity contribution in [3.63, 3.8) is 0 Å². The lowest BCUT2D eigenvalue weighted by molar-refractivity contribution is -0.131. The molecule has 2 aliphatic rings. The van der Waals surface area contributed by atoms with E-state index < -0.39 is 64.6 Å². The van der Waals surface area contributed by atoms with Crippen LogP contribution < -0.4 is 15.5 Å². The first-order chi connectivity index (χ1) is 28.2. The molecule has 2 saturated heterocycles. The predicted molar refractivity (Wildman–Crippen MR) is 223 cm³/mol. The van der Waals surface area contributed by atoms with Crippen LogP contribution in [0.25, 0.3) is 22.0 Å². The fourth-order valence-electron chi connectivity index (χ4n) is 6.94. The Kier molecular flexibility index (Phi) is 14.5. The van der Waals surface area contributed by atoms with Crippen LogP contribution in [-0.4, -0.2) is 141 Å². The van der Waals surface area contributed by atoms with Crippen LogP contribution in [0.3, 0.4) is 0 Å². The summed E-state index contributed by atoms with van der Waals surface area (Å²) in [5, 5.41) is 15.2. The van der Waals surface area contributed by atoms with Gasteiger partial charge in [-0.05, 0) is 69.1 Å². The van der Waals surface area contributed by atoms with Gasteiger partial charge in [-0.3, -0.25) is 24.3 Å². The van der Waals surface area contributed by atoms with Crippen molar-refractivity contribution in [3.05, 3.63) is 71.9 Å². The molecule has 0 aliphatic carbocycles. The second-order valence-corrected chi connectivity index (χ2v) is 18.3. The summed E-state index contributed by atoms with van der Waals surface area (Å²) in [6.45, 7) is 8.25. The van der Waals surface area contributed by atoms with Gasteiger partial charge in [0, 0.05) is 81.8 Å². The number of nitriles is 1. The van der Waals surface area contributed by atoms with Gasteiger partial charge < -0.3 is 30.1 Å². The minimum atomic E-state index is -3.26. The molecule has 0 bridgehead atoms. The number of alkyl halides is 2. The highest BCUT2D eigenvalue weighted by Crippen LogP contribution is 2.33. The summed E-state index contributed by atoms with van der Waals surface area (Å²) in [7, 11) is -1.32. The van der Waals surface area contributed by atoms with Gasteiger partial charge in [-0.25, -0.2) is 22.0 Å². The molecule has 0 saturated carbocycles. The topological polar surface area (TPSA) is 185 Å². The van der Waals surface area contributed by atoms with Gasteiger partial charge in [-0.2, -0.15) is 5.26 Å². The van der Waals surface area contributed by atoms with Crippen LogP contribution >= 0.6 is 0 Å². The maximum Gasteiger partial charge on any atom is 0.410 e. The van der Waals surface area contributed by atoms with Crippen molar-refractivity contribution >= 4 is 50.2 Å². The lowest BCUT2D eigenvalue weighted by Gasteiger charge is -2.35. The van der Waals surface area contributed by atoms with E-state index >= 15 is 0 Å². The number of hydrogen-bond donors (Lipinski definition) is 2. The fraction of sp³-hybridized carbons (Fsp3) is 0.476. The minimum Gasteiger partial charge on any atom is -0.444 e. The number of carbonyl (C=O) groups excluding carboxylic acids is 4. The Labute approximate surface area is 349 Å². The summed E-state index contributed by atoms with van der Waals surface area (Å²) in [5.74, 6) is -5.39. The summed E-state index contributed by atoms with van der Waals surface area (Å²) in [5.41, 5.74) is 2.69. The molecule has 4 amide bonds. The Morgan fingerprint density at radius 1 is 1.07 bits per heavy atom. The number of nitrogens with one attached hydrogen (secondary N) is 2. The normalized spacial score (nSPS) is 17.1. The lowest BCUT2D eigenvalue weighted by atomic mass is 9.96. The molecule has 0 unspecified atom stereocenters. The van der Waals surface area contributed by atoms with Crippen molar-refractivity contribution in [2.45, 2.75) is 57.7 Å². The number of halogens is 2. The van der Waals surface area contributed by atoms with Crippen molar-refractivity contribution in [2.24, 2.45) is 0 Å². The number of nitrogens with zero attached hydrogens (tertiary/aromatic N) is 6. The number of piperazine rings is 1. The highest BCUT2D eigenvalue weighted by atomic mass is 32.2. The third-order valence-electron chi connectivity index (χ3n) is 10.1. The summed E-state index contributed by atoms with van der Waals surface area (Å²) in [6, 6.07) is 13.0. The van der Waals surface area contributed by atoms with Crippen LogP contribution in [0, 0.1) is 11.3 Å². The molecule has 2 N–H and O–H groups in total. The fourth-order valence-corrected chi connectivity index (χ4v) is 7.39. The first-order valence-corrected chi connectivity index (χ1v) is 21.7. The van der Waals surface area contributed by atoms with Gasteiger partial charge >= 0.3 is 6.09 Å². The molecular weight excluding hydrogens is 799 g/mol.